The third-order valence-corrected chi connectivity index (χ3v) is 5.50. The minimum absolute atomic E-state index is 0.104. The molecule has 0 bridgehead atoms. The van der Waals surface area contributed by atoms with Gasteiger partial charge in [-0.2, -0.15) is 0 Å². The minimum Gasteiger partial charge on any atom is -0.380 e. The lowest BCUT2D eigenvalue weighted by Gasteiger charge is -2.09. The predicted molar refractivity (Wildman–Crippen MR) is 79.5 cm³/mol. The van der Waals surface area contributed by atoms with Crippen LogP contribution in [-0.4, -0.2) is 38.3 Å². The molecule has 6 nitrogen and oxygen atoms in total. The topological polar surface area (TPSA) is 72.4 Å². The molecule has 1 saturated carbocycles. The first-order valence-corrected chi connectivity index (χ1v) is 9.09. The van der Waals surface area contributed by atoms with Crippen molar-refractivity contribution in [3.8, 4) is 0 Å². The van der Waals surface area contributed by atoms with Gasteiger partial charge in [0.2, 0.25) is 10.0 Å². The van der Waals surface area contributed by atoms with Crippen molar-refractivity contribution < 1.29 is 13.2 Å². The SMILES string of the molecule is CCn1cc(S(=O)(=O)NC2CCOC2)cc1CNC1CC1. The Hall–Kier alpha value is -0.890. The number of hydrogen-bond acceptors (Lipinski definition) is 4. The van der Waals surface area contributed by atoms with E-state index in [2.05, 4.69) is 10.0 Å². The van der Waals surface area contributed by atoms with Crippen molar-refractivity contribution in [2.24, 2.45) is 0 Å². The third-order valence-electron chi connectivity index (χ3n) is 4.01. The van der Waals surface area contributed by atoms with Gasteiger partial charge in [0.15, 0.2) is 0 Å². The molecule has 0 radical (unpaired) electrons. The third kappa shape index (κ3) is 3.66. The smallest absolute Gasteiger partial charge is 0.242 e. The lowest BCUT2D eigenvalue weighted by molar-refractivity contribution is 0.192. The van der Waals surface area contributed by atoms with Gasteiger partial charge in [0, 0.05) is 43.7 Å². The molecule has 0 spiro atoms. The molecule has 1 saturated heterocycles. The summed E-state index contributed by atoms with van der Waals surface area (Å²) in [5.41, 5.74) is 1.02. The standard InChI is InChI=1S/C14H23N3O3S/c1-2-17-9-14(7-13(17)8-15-11-3-4-11)21(18,19)16-12-5-6-20-10-12/h7,9,11-12,15-16H,2-6,8,10H2,1H3. The lowest BCUT2D eigenvalue weighted by Crippen LogP contribution is -2.34. The molecule has 7 heteroatoms. The molecular formula is C14H23N3O3S. The van der Waals surface area contributed by atoms with Crippen LogP contribution < -0.4 is 10.0 Å². The van der Waals surface area contributed by atoms with Gasteiger partial charge in [-0.15, -0.1) is 0 Å². The Balaban J connectivity index is 1.73. The molecule has 2 N–H and O–H groups in total. The zero-order valence-electron chi connectivity index (χ0n) is 12.3. The van der Waals surface area contributed by atoms with Gasteiger partial charge in [0.1, 0.15) is 0 Å². The van der Waals surface area contributed by atoms with Crippen LogP contribution in [0.2, 0.25) is 0 Å². The van der Waals surface area contributed by atoms with Crippen LogP contribution in [0.3, 0.4) is 0 Å². The zero-order valence-corrected chi connectivity index (χ0v) is 13.2. The molecule has 0 amide bonds. The maximum absolute atomic E-state index is 12.4. The summed E-state index contributed by atoms with van der Waals surface area (Å²) in [6.45, 7) is 4.60. The summed E-state index contributed by atoms with van der Waals surface area (Å²) < 4.78 is 34.8. The lowest BCUT2D eigenvalue weighted by atomic mass is 10.3. The van der Waals surface area contributed by atoms with Crippen LogP contribution in [0, 0.1) is 0 Å². The molecule has 1 aliphatic heterocycles. The monoisotopic (exact) mass is 313 g/mol. The molecule has 1 aliphatic carbocycles. The van der Waals surface area contributed by atoms with Gasteiger partial charge in [0.05, 0.1) is 11.5 Å². The number of nitrogens with zero attached hydrogens (tertiary/aromatic N) is 1. The van der Waals surface area contributed by atoms with Gasteiger partial charge in [-0.05, 0) is 32.3 Å². The van der Waals surface area contributed by atoms with Crippen molar-refractivity contribution in [3.05, 3.63) is 18.0 Å². The Morgan fingerprint density at radius 1 is 1.33 bits per heavy atom. The second kappa shape index (κ2) is 6.08. The second-order valence-corrected chi connectivity index (χ2v) is 7.50. The number of ether oxygens (including phenoxy) is 1. The minimum atomic E-state index is -3.46. The van der Waals surface area contributed by atoms with E-state index >= 15 is 0 Å². The van der Waals surface area contributed by atoms with Gasteiger partial charge in [-0.1, -0.05) is 0 Å². The fraction of sp³-hybridized carbons (Fsp3) is 0.714. The summed E-state index contributed by atoms with van der Waals surface area (Å²) in [5.74, 6) is 0. The highest BCUT2D eigenvalue weighted by atomic mass is 32.2. The van der Waals surface area contributed by atoms with Gasteiger partial charge >= 0.3 is 0 Å². The molecule has 1 aromatic heterocycles. The average Bonchev–Trinajstić information content (AvgIpc) is 2.97. The van der Waals surface area contributed by atoms with Gasteiger partial charge in [0.25, 0.3) is 0 Å². The number of sulfonamides is 1. The fourth-order valence-corrected chi connectivity index (χ4v) is 3.88. The average molecular weight is 313 g/mol. The highest BCUT2D eigenvalue weighted by Gasteiger charge is 2.26. The first kappa shape index (κ1) is 15.0. The number of hydrogen-bond donors (Lipinski definition) is 2. The van der Waals surface area contributed by atoms with Crippen LogP contribution in [0.15, 0.2) is 17.2 Å². The first-order valence-electron chi connectivity index (χ1n) is 7.61. The van der Waals surface area contributed by atoms with Crippen molar-refractivity contribution in [2.45, 2.75) is 56.3 Å². The first-order chi connectivity index (χ1) is 10.1. The molecule has 3 rings (SSSR count). The van der Waals surface area contributed by atoms with E-state index in [9.17, 15) is 8.42 Å². The van der Waals surface area contributed by atoms with Crippen LogP contribution in [0.1, 0.15) is 31.9 Å². The molecule has 1 aromatic rings. The second-order valence-electron chi connectivity index (χ2n) is 5.79. The van der Waals surface area contributed by atoms with E-state index in [0.717, 1.165) is 25.2 Å². The van der Waals surface area contributed by atoms with Gasteiger partial charge < -0.3 is 14.6 Å². The maximum atomic E-state index is 12.4. The maximum Gasteiger partial charge on any atom is 0.242 e. The van der Waals surface area contributed by atoms with E-state index in [0.29, 0.717) is 24.2 Å². The number of aromatic nitrogens is 1. The molecule has 1 unspecified atom stereocenters. The molecule has 1 atom stereocenters. The Bertz CT molecular complexity index is 587. The largest absolute Gasteiger partial charge is 0.380 e. The number of aryl methyl sites for hydroxylation is 1. The quantitative estimate of drug-likeness (QED) is 0.782. The number of nitrogens with one attached hydrogen (secondary N) is 2. The Kier molecular flexibility index (Phi) is 4.35. The highest BCUT2D eigenvalue weighted by molar-refractivity contribution is 7.89. The van der Waals surface area contributed by atoms with Gasteiger partial charge in [-0.25, -0.2) is 13.1 Å². The van der Waals surface area contributed by atoms with E-state index in [1.165, 1.54) is 12.8 Å². The van der Waals surface area contributed by atoms with Crippen LogP contribution in [0.5, 0.6) is 0 Å². The van der Waals surface area contributed by atoms with E-state index in [4.69, 9.17) is 4.74 Å². The Morgan fingerprint density at radius 2 is 2.14 bits per heavy atom. The highest BCUT2D eigenvalue weighted by Crippen LogP contribution is 2.21. The zero-order chi connectivity index (χ0) is 14.9. The van der Waals surface area contributed by atoms with Crippen molar-refractivity contribution in [1.29, 1.82) is 0 Å². The molecular weight excluding hydrogens is 290 g/mol. The Morgan fingerprint density at radius 3 is 2.76 bits per heavy atom. The molecule has 0 aromatic carbocycles. The summed E-state index contributed by atoms with van der Waals surface area (Å²) in [6.07, 6.45) is 4.91. The summed E-state index contributed by atoms with van der Waals surface area (Å²) in [6, 6.07) is 2.28. The van der Waals surface area contributed by atoms with Crippen LogP contribution >= 0.6 is 0 Å². The summed E-state index contributed by atoms with van der Waals surface area (Å²) >= 11 is 0. The fourth-order valence-electron chi connectivity index (χ4n) is 2.57. The van der Waals surface area contributed by atoms with E-state index in [-0.39, 0.29) is 6.04 Å². The van der Waals surface area contributed by atoms with Gasteiger partial charge in [-0.3, -0.25) is 0 Å². The van der Waals surface area contributed by atoms with Crippen LogP contribution in [-0.2, 0) is 27.8 Å². The summed E-state index contributed by atoms with van der Waals surface area (Å²) in [7, 11) is -3.46. The predicted octanol–water partition coefficient (Wildman–Crippen LogP) is 0.827. The summed E-state index contributed by atoms with van der Waals surface area (Å²) in [4.78, 5) is 0.351. The van der Waals surface area contributed by atoms with Crippen LogP contribution in [0.4, 0.5) is 0 Å². The molecule has 118 valence electrons. The Labute approximate surface area is 125 Å². The van der Waals surface area contributed by atoms with Crippen LogP contribution in [0.25, 0.3) is 0 Å². The molecule has 2 heterocycles. The molecule has 2 aliphatic rings. The van der Waals surface area contributed by atoms with Crippen molar-refractivity contribution in [1.82, 2.24) is 14.6 Å². The van der Waals surface area contributed by atoms with Crippen molar-refractivity contribution in [2.75, 3.05) is 13.2 Å². The number of rotatable bonds is 7. The molecule has 21 heavy (non-hydrogen) atoms. The van der Waals surface area contributed by atoms with E-state index in [1.54, 1.807) is 12.3 Å². The van der Waals surface area contributed by atoms with E-state index in [1.807, 2.05) is 11.5 Å². The molecule has 2 fully saturated rings. The summed E-state index contributed by atoms with van der Waals surface area (Å²) in [5, 5.41) is 3.43. The van der Waals surface area contributed by atoms with Crippen molar-refractivity contribution >= 4 is 10.0 Å². The normalized spacial score (nSPS) is 22.8. The van der Waals surface area contributed by atoms with E-state index < -0.39 is 10.0 Å². The van der Waals surface area contributed by atoms with Crippen molar-refractivity contribution in [3.63, 3.8) is 0 Å².